The number of hydrogen-bond acceptors (Lipinski definition) is 4. The molecule has 32 heavy (non-hydrogen) atoms. The van der Waals surface area contributed by atoms with Crippen molar-refractivity contribution in [1.82, 2.24) is 0 Å². The molecule has 0 amide bonds. The van der Waals surface area contributed by atoms with Gasteiger partial charge in [-0.25, -0.2) is 8.42 Å². The van der Waals surface area contributed by atoms with Crippen LogP contribution < -0.4 is 9.47 Å². The summed E-state index contributed by atoms with van der Waals surface area (Å²) in [5.41, 5.74) is 3.27. The lowest BCUT2D eigenvalue weighted by Gasteiger charge is -2.10. The Labute approximate surface area is 189 Å². The summed E-state index contributed by atoms with van der Waals surface area (Å²) < 4.78 is 36.9. The largest absolute Gasteiger partial charge is 0.497 e. The van der Waals surface area contributed by atoms with E-state index in [0.29, 0.717) is 11.5 Å². The molecule has 0 spiro atoms. The molecule has 0 atom stereocenters. The minimum atomic E-state index is -3.56. The molecular formula is C27H24O4S. The van der Waals surface area contributed by atoms with Gasteiger partial charge in [-0.05, 0) is 85.1 Å². The molecule has 4 rings (SSSR count). The van der Waals surface area contributed by atoms with Crippen molar-refractivity contribution in [2.75, 3.05) is 7.11 Å². The fraction of sp³-hybridized carbons (Fsp3) is 0.111. The topological polar surface area (TPSA) is 52.6 Å². The van der Waals surface area contributed by atoms with E-state index in [9.17, 15) is 8.42 Å². The number of hydrogen-bond donors (Lipinski definition) is 0. The van der Waals surface area contributed by atoms with E-state index in [-0.39, 0.29) is 9.79 Å². The van der Waals surface area contributed by atoms with Gasteiger partial charge in [0.25, 0.3) is 0 Å². The second kappa shape index (κ2) is 9.28. The summed E-state index contributed by atoms with van der Waals surface area (Å²) in [6.07, 6.45) is 0.752. The van der Waals surface area contributed by atoms with Gasteiger partial charge in [0.05, 0.1) is 16.9 Å². The van der Waals surface area contributed by atoms with Gasteiger partial charge < -0.3 is 9.47 Å². The first-order chi connectivity index (χ1) is 15.4. The van der Waals surface area contributed by atoms with Gasteiger partial charge in [-0.2, -0.15) is 0 Å². The van der Waals surface area contributed by atoms with E-state index in [1.165, 1.54) is 0 Å². The first-order valence-electron chi connectivity index (χ1n) is 10.3. The molecule has 162 valence electrons. The second-order valence-corrected chi connectivity index (χ2v) is 9.52. The molecular weight excluding hydrogens is 420 g/mol. The van der Waals surface area contributed by atoms with E-state index in [2.05, 4.69) is 6.07 Å². The van der Waals surface area contributed by atoms with Crippen molar-refractivity contribution < 1.29 is 17.9 Å². The third-order valence-electron chi connectivity index (χ3n) is 5.14. The van der Waals surface area contributed by atoms with Crippen LogP contribution in [0, 0.1) is 6.92 Å². The minimum absolute atomic E-state index is 0.237. The number of rotatable bonds is 7. The van der Waals surface area contributed by atoms with E-state index in [0.717, 1.165) is 28.9 Å². The lowest BCUT2D eigenvalue weighted by atomic mass is 10.0. The zero-order valence-corrected chi connectivity index (χ0v) is 18.8. The Hall–Kier alpha value is -3.57. The van der Waals surface area contributed by atoms with E-state index < -0.39 is 9.84 Å². The van der Waals surface area contributed by atoms with Crippen LogP contribution in [0.3, 0.4) is 0 Å². The summed E-state index contributed by atoms with van der Waals surface area (Å²) in [5, 5.41) is 0. The van der Waals surface area contributed by atoms with Crippen LogP contribution in [-0.2, 0) is 16.3 Å². The SMILES string of the molecule is COc1cccc(Cc2cccc(Oc3ccc(S(=O)(=O)c4ccc(C)cc4)cc3)c2)c1. The molecule has 0 saturated carbocycles. The monoisotopic (exact) mass is 444 g/mol. The highest BCUT2D eigenvalue weighted by Crippen LogP contribution is 2.27. The van der Waals surface area contributed by atoms with Gasteiger partial charge in [0, 0.05) is 0 Å². The average molecular weight is 445 g/mol. The van der Waals surface area contributed by atoms with Gasteiger partial charge in [0.2, 0.25) is 9.84 Å². The maximum Gasteiger partial charge on any atom is 0.206 e. The summed E-state index contributed by atoms with van der Waals surface area (Å²) in [6, 6.07) is 29.2. The van der Waals surface area contributed by atoms with Crippen molar-refractivity contribution in [3.8, 4) is 17.2 Å². The molecule has 4 aromatic rings. The Morgan fingerprint density at radius 1 is 0.656 bits per heavy atom. The zero-order valence-electron chi connectivity index (χ0n) is 18.0. The molecule has 0 aliphatic carbocycles. The zero-order chi connectivity index (χ0) is 22.6. The van der Waals surface area contributed by atoms with Gasteiger partial charge in [-0.15, -0.1) is 0 Å². The van der Waals surface area contributed by atoms with Crippen molar-refractivity contribution in [2.45, 2.75) is 23.1 Å². The Morgan fingerprint density at radius 3 is 1.78 bits per heavy atom. The predicted octanol–water partition coefficient (Wildman–Crippen LogP) is 6.22. The maximum absolute atomic E-state index is 12.8. The Balaban J connectivity index is 1.49. The molecule has 0 aliphatic rings. The van der Waals surface area contributed by atoms with E-state index in [1.54, 1.807) is 55.6 Å². The third kappa shape index (κ3) is 5.01. The van der Waals surface area contributed by atoms with E-state index in [1.807, 2.05) is 49.4 Å². The maximum atomic E-state index is 12.8. The van der Waals surface area contributed by atoms with Gasteiger partial charge >= 0.3 is 0 Å². The van der Waals surface area contributed by atoms with Crippen LogP contribution in [0.15, 0.2) is 107 Å². The molecule has 0 saturated heterocycles. The summed E-state index contributed by atoms with van der Waals surface area (Å²) in [5.74, 6) is 2.10. The first kappa shape index (κ1) is 21.7. The van der Waals surface area contributed by atoms with E-state index >= 15 is 0 Å². The summed E-state index contributed by atoms with van der Waals surface area (Å²) >= 11 is 0. The molecule has 0 heterocycles. The van der Waals surface area contributed by atoms with Crippen LogP contribution >= 0.6 is 0 Å². The number of benzene rings is 4. The predicted molar refractivity (Wildman–Crippen MR) is 125 cm³/mol. The molecule has 0 radical (unpaired) electrons. The molecule has 5 heteroatoms. The fourth-order valence-corrected chi connectivity index (χ4v) is 4.67. The molecule has 0 aromatic heterocycles. The van der Waals surface area contributed by atoms with Gasteiger partial charge in [-0.3, -0.25) is 0 Å². The van der Waals surface area contributed by atoms with Gasteiger partial charge in [0.15, 0.2) is 0 Å². The van der Waals surface area contributed by atoms with Crippen LogP contribution in [-0.4, -0.2) is 15.5 Å². The second-order valence-electron chi connectivity index (χ2n) is 7.57. The number of methoxy groups -OCH3 is 1. The Morgan fingerprint density at radius 2 is 1.19 bits per heavy atom. The molecule has 4 nitrogen and oxygen atoms in total. The third-order valence-corrected chi connectivity index (χ3v) is 6.93. The minimum Gasteiger partial charge on any atom is -0.497 e. The molecule has 0 bridgehead atoms. The van der Waals surface area contributed by atoms with Gasteiger partial charge in [0.1, 0.15) is 17.2 Å². The van der Waals surface area contributed by atoms with Crippen LogP contribution in [0.4, 0.5) is 0 Å². The Kier molecular flexibility index (Phi) is 6.28. The highest BCUT2D eigenvalue weighted by molar-refractivity contribution is 7.91. The standard InChI is InChI=1S/C27H24O4S/c1-20-9-13-26(14-10-20)32(28,29)27-15-11-23(12-16-27)31-25-8-4-6-22(19-25)17-21-5-3-7-24(18-21)30-2/h3-16,18-19H,17H2,1-2H3. The summed E-state index contributed by atoms with van der Waals surface area (Å²) in [4.78, 5) is 0.516. The lowest BCUT2D eigenvalue weighted by molar-refractivity contribution is 0.414. The van der Waals surface area contributed by atoms with Crippen molar-refractivity contribution >= 4 is 9.84 Å². The number of aryl methyl sites for hydroxylation is 1. The highest BCUT2D eigenvalue weighted by Gasteiger charge is 2.17. The van der Waals surface area contributed by atoms with E-state index in [4.69, 9.17) is 9.47 Å². The summed E-state index contributed by atoms with van der Waals surface area (Å²) in [6.45, 7) is 1.92. The van der Waals surface area contributed by atoms with Crippen molar-refractivity contribution in [1.29, 1.82) is 0 Å². The molecule has 0 N–H and O–H groups in total. The number of sulfone groups is 1. The van der Waals surface area contributed by atoms with Crippen molar-refractivity contribution in [2.24, 2.45) is 0 Å². The van der Waals surface area contributed by atoms with Crippen LogP contribution in [0.2, 0.25) is 0 Å². The normalized spacial score (nSPS) is 11.2. The molecule has 0 fully saturated rings. The highest BCUT2D eigenvalue weighted by atomic mass is 32.2. The van der Waals surface area contributed by atoms with Crippen molar-refractivity contribution in [3.05, 3.63) is 114 Å². The molecule has 4 aromatic carbocycles. The van der Waals surface area contributed by atoms with Gasteiger partial charge in [-0.1, -0.05) is 42.0 Å². The average Bonchev–Trinajstić information content (AvgIpc) is 2.80. The lowest BCUT2D eigenvalue weighted by Crippen LogP contribution is -2.01. The van der Waals surface area contributed by atoms with Crippen LogP contribution in [0.1, 0.15) is 16.7 Å². The number of ether oxygens (including phenoxy) is 2. The van der Waals surface area contributed by atoms with Crippen LogP contribution in [0.25, 0.3) is 0 Å². The Bertz CT molecular complexity index is 1310. The smallest absolute Gasteiger partial charge is 0.206 e. The quantitative estimate of drug-likeness (QED) is 0.340. The molecule has 0 aliphatic heterocycles. The first-order valence-corrected chi connectivity index (χ1v) is 11.7. The molecule has 0 unspecified atom stereocenters. The van der Waals surface area contributed by atoms with Crippen molar-refractivity contribution in [3.63, 3.8) is 0 Å². The van der Waals surface area contributed by atoms with Crippen LogP contribution in [0.5, 0.6) is 17.2 Å². The fourth-order valence-electron chi connectivity index (χ4n) is 3.41. The summed E-state index contributed by atoms with van der Waals surface area (Å²) in [7, 11) is -1.90.